The number of hydrogen-bond acceptors (Lipinski definition) is 7. The Labute approximate surface area is 239 Å². The quantitative estimate of drug-likeness (QED) is 0.307. The first-order valence-corrected chi connectivity index (χ1v) is 14.0. The number of aliphatic imine (C=N–C) groups is 1. The summed E-state index contributed by atoms with van der Waals surface area (Å²) < 4.78 is 11.8. The Morgan fingerprint density at radius 1 is 1.12 bits per heavy atom. The van der Waals surface area contributed by atoms with Crippen molar-refractivity contribution in [3.63, 3.8) is 0 Å². The van der Waals surface area contributed by atoms with Crippen molar-refractivity contribution < 1.29 is 14.3 Å². The Kier molecular flexibility index (Phi) is 7.78. The topological polar surface area (TPSA) is 107 Å². The summed E-state index contributed by atoms with van der Waals surface area (Å²) in [6, 6.07) is 19.0. The number of morpholine rings is 1. The van der Waals surface area contributed by atoms with Crippen molar-refractivity contribution >= 4 is 35.1 Å². The average Bonchev–Trinajstić information content (AvgIpc) is 3.66. The lowest BCUT2D eigenvalue weighted by Gasteiger charge is -2.28. The van der Waals surface area contributed by atoms with Gasteiger partial charge in [0.2, 0.25) is 5.91 Å². The number of amides is 1. The normalized spacial score (nSPS) is 17.4. The van der Waals surface area contributed by atoms with Crippen LogP contribution in [0.3, 0.4) is 0 Å². The predicted molar refractivity (Wildman–Crippen MR) is 163 cm³/mol. The van der Waals surface area contributed by atoms with E-state index in [-0.39, 0.29) is 18.4 Å². The zero-order valence-corrected chi connectivity index (χ0v) is 23.2. The zero-order chi connectivity index (χ0) is 28.2. The van der Waals surface area contributed by atoms with Crippen LogP contribution in [0.2, 0.25) is 0 Å². The number of hydrogen-bond donors (Lipinski definition) is 2. The highest BCUT2D eigenvalue weighted by Gasteiger charge is 2.27. The minimum atomic E-state index is -0.0889. The maximum absolute atomic E-state index is 12.2. The number of likely N-dealkylation sites (tertiary alicyclic amines) is 1. The standard InChI is InChI=1S/C32H34N6O3/c1-34-20-24-18-23(4-7-30(24)41-26-10-13-38(21-26)31(39)8-11-33)27-9-12-35-32-28(27)19-29(36-32)22-2-5-25(6-3-22)37-14-16-40-17-15-37/h2-7,9,11-12,18-20,26,33H,8,10,13-17,21H2,1H3,(H,35,36)/t26-/m1/s1. The molecule has 9 nitrogen and oxygen atoms in total. The molecule has 0 spiro atoms. The molecule has 210 valence electrons. The molecule has 1 atom stereocenters. The number of carbonyl (C=O) groups is 1. The van der Waals surface area contributed by atoms with Gasteiger partial charge in [-0.2, -0.15) is 0 Å². The summed E-state index contributed by atoms with van der Waals surface area (Å²) in [6.45, 7) is 4.54. The number of fused-ring (bicyclic) bond motifs is 1. The lowest BCUT2D eigenvalue weighted by atomic mass is 10.0. The van der Waals surface area contributed by atoms with Gasteiger partial charge < -0.3 is 29.7 Å². The van der Waals surface area contributed by atoms with Crippen molar-refractivity contribution in [3.8, 4) is 28.1 Å². The molecule has 0 radical (unpaired) electrons. The molecule has 2 aliphatic rings. The molecule has 1 amide bonds. The summed E-state index contributed by atoms with van der Waals surface area (Å²) >= 11 is 0. The first kappa shape index (κ1) is 26.7. The average molecular weight is 551 g/mol. The third-order valence-corrected chi connectivity index (χ3v) is 7.74. The Balaban J connectivity index is 1.25. The molecule has 4 aromatic rings. The summed E-state index contributed by atoms with van der Waals surface area (Å²) in [5.41, 5.74) is 7.18. The van der Waals surface area contributed by atoms with E-state index in [1.165, 1.54) is 5.69 Å². The number of ether oxygens (including phenoxy) is 2. The van der Waals surface area contributed by atoms with E-state index >= 15 is 0 Å². The van der Waals surface area contributed by atoms with Crippen molar-refractivity contribution in [1.82, 2.24) is 14.9 Å². The number of pyridine rings is 1. The highest BCUT2D eigenvalue weighted by atomic mass is 16.5. The van der Waals surface area contributed by atoms with Crippen molar-refractivity contribution in [2.24, 2.45) is 4.99 Å². The van der Waals surface area contributed by atoms with Crippen molar-refractivity contribution in [2.75, 3.05) is 51.3 Å². The maximum atomic E-state index is 12.2. The molecule has 2 N–H and O–H groups in total. The van der Waals surface area contributed by atoms with Crippen LogP contribution in [-0.4, -0.2) is 85.7 Å². The monoisotopic (exact) mass is 550 g/mol. The SMILES string of the molecule is CN=Cc1cc(-c2ccnc3[nH]c(-c4ccc(N5CCOCC5)cc4)cc23)ccc1O[C@@H]1CCN(C(=O)CC=N)C1. The van der Waals surface area contributed by atoms with Gasteiger partial charge in [0.25, 0.3) is 0 Å². The van der Waals surface area contributed by atoms with Gasteiger partial charge >= 0.3 is 0 Å². The van der Waals surface area contributed by atoms with Gasteiger partial charge in [-0.1, -0.05) is 18.2 Å². The summed E-state index contributed by atoms with van der Waals surface area (Å²) in [4.78, 5) is 28.7. The van der Waals surface area contributed by atoms with Gasteiger partial charge in [0.15, 0.2) is 0 Å². The van der Waals surface area contributed by atoms with E-state index in [1.807, 2.05) is 24.5 Å². The first-order valence-electron chi connectivity index (χ1n) is 14.0. The van der Waals surface area contributed by atoms with Crippen LogP contribution in [0, 0.1) is 5.41 Å². The van der Waals surface area contributed by atoms with Crippen LogP contribution >= 0.6 is 0 Å². The van der Waals surface area contributed by atoms with Gasteiger partial charge in [-0.05, 0) is 53.1 Å². The zero-order valence-electron chi connectivity index (χ0n) is 23.2. The first-order chi connectivity index (χ1) is 20.1. The number of rotatable bonds is 8. The highest BCUT2D eigenvalue weighted by molar-refractivity contribution is 5.97. The third-order valence-electron chi connectivity index (χ3n) is 7.74. The molecule has 9 heteroatoms. The number of nitrogens with one attached hydrogen (secondary N) is 2. The van der Waals surface area contributed by atoms with E-state index in [9.17, 15) is 4.79 Å². The number of benzene rings is 2. The van der Waals surface area contributed by atoms with Gasteiger partial charge in [-0.15, -0.1) is 0 Å². The second-order valence-electron chi connectivity index (χ2n) is 10.4. The van der Waals surface area contributed by atoms with Crippen LogP contribution in [0.15, 0.2) is 65.8 Å². The van der Waals surface area contributed by atoms with E-state index in [0.29, 0.717) is 13.1 Å². The van der Waals surface area contributed by atoms with Crippen molar-refractivity contribution in [3.05, 3.63) is 66.4 Å². The fourth-order valence-corrected chi connectivity index (χ4v) is 5.62. The fraction of sp³-hybridized carbons (Fsp3) is 0.312. The molecule has 4 heterocycles. The van der Waals surface area contributed by atoms with E-state index in [4.69, 9.17) is 14.9 Å². The van der Waals surface area contributed by atoms with Gasteiger partial charge in [0.1, 0.15) is 17.5 Å². The second-order valence-corrected chi connectivity index (χ2v) is 10.4. The molecule has 2 aromatic heterocycles. The van der Waals surface area contributed by atoms with Crippen molar-refractivity contribution in [1.29, 1.82) is 5.41 Å². The maximum Gasteiger partial charge on any atom is 0.228 e. The van der Waals surface area contributed by atoms with Gasteiger partial charge in [0.05, 0.1) is 26.2 Å². The molecular weight excluding hydrogens is 516 g/mol. The Bertz CT molecular complexity index is 1570. The van der Waals surface area contributed by atoms with Crippen LogP contribution in [0.5, 0.6) is 5.75 Å². The molecule has 0 unspecified atom stereocenters. The smallest absolute Gasteiger partial charge is 0.228 e. The van der Waals surface area contributed by atoms with E-state index < -0.39 is 0 Å². The lowest BCUT2D eigenvalue weighted by Crippen LogP contribution is -2.36. The van der Waals surface area contributed by atoms with Crippen LogP contribution in [0.1, 0.15) is 18.4 Å². The molecule has 2 fully saturated rings. The predicted octanol–water partition coefficient (Wildman–Crippen LogP) is 4.80. The van der Waals surface area contributed by atoms with E-state index in [1.54, 1.807) is 11.9 Å². The van der Waals surface area contributed by atoms with Crippen molar-refractivity contribution in [2.45, 2.75) is 18.9 Å². The summed E-state index contributed by atoms with van der Waals surface area (Å²) in [7, 11) is 1.75. The van der Waals surface area contributed by atoms with Crippen LogP contribution in [0.4, 0.5) is 5.69 Å². The number of nitrogens with zero attached hydrogens (tertiary/aromatic N) is 4. The molecule has 2 aliphatic heterocycles. The van der Waals surface area contributed by atoms with Crippen LogP contribution in [-0.2, 0) is 9.53 Å². The van der Waals surface area contributed by atoms with Crippen LogP contribution < -0.4 is 9.64 Å². The minimum absolute atomic E-state index is 0.0302. The molecule has 41 heavy (non-hydrogen) atoms. The molecule has 0 bridgehead atoms. The highest BCUT2D eigenvalue weighted by Crippen LogP contribution is 2.34. The summed E-state index contributed by atoms with van der Waals surface area (Å²) in [5.74, 6) is 0.712. The molecular formula is C32H34N6O3. The number of anilines is 1. The van der Waals surface area contributed by atoms with Gasteiger partial charge in [-0.3, -0.25) is 9.79 Å². The number of carbonyl (C=O) groups excluding carboxylic acids is 1. The lowest BCUT2D eigenvalue weighted by molar-refractivity contribution is -0.129. The van der Waals surface area contributed by atoms with Gasteiger partial charge in [0, 0.05) is 74.1 Å². The molecule has 6 rings (SSSR count). The third kappa shape index (κ3) is 5.71. The minimum Gasteiger partial charge on any atom is -0.488 e. The second kappa shape index (κ2) is 11.9. The number of aromatic nitrogens is 2. The molecule has 0 aliphatic carbocycles. The molecule has 0 saturated carbocycles. The summed E-state index contributed by atoms with van der Waals surface area (Å²) in [5, 5.41) is 8.25. The summed E-state index contributed by atoms with van der Waals surface area (Å²) in [6.07, 6.45) is 5.60. The molecule has 2 aromatic carbocycles. The largest absolute Gasteiger partial charge is 0.488 e. The fourth-order valence-electron chi connectivity index (χ4n) is 5.62. The molecule has 2 saturated heterocycles. The Hall–Kier alpha value is -4.50. The van der Waals surface area contributed by atoms with Crippen LogP contribution in [0.25, 0.3) is 33.4 Å². The van der Waals surface area contributed by atoms with E-state index in [2.05, 4.69) is 62.3 Å². The Morgan fingerprint density at radius 3 is 2.71 bits per heavy atom. The van der Waals surface area contributed by atoms with Gasteiger partial charge in [-0.25, -0.2) is 4.98 Å². The van der Waals surface area contributed by atoms with E-state index in [0.717, 1.165) is 83.7 Å². The number of aromatic amines is 1. The number of H-pyrrole nitrogens is 1. The Morgan fingerprint density at radius 2 is 1.93 bits per heavy atom.